The van der Waals surface area contributed by atoms with Gasteiger partial charge in [0.05, 0.1) is 7.11 Å². The summed E-state index contributed by atoms with van der Waals surface area (Å²) in [6.07, 6.45) is 0. The Bertz CT molecular complexity index is 1210. The summed E-state index contributed by atoms with van der Waals surface area (Å²) in [4.78, 5) is 26.9. The molecule has 164 valence electrons. The number of rotatable bonds is 7. The molecule has 0 radical (unpaired) electrons. The Labute approximate surface area is 193 Å². The summed E-state index contributed by atoms with van der Waals surface area (Å²) < 4.78 is 5.20. The van der Waals surface area contributed by atoms with Crippen LogP contribution in [0.5, 0.6) is 5.75 Å². The SMILES string of the molecule is COc1ccc(C(=O)C(C(=O)O)=P(c2ccccc2)(c2ccccc2)c2ccccc2)cc1. The van der Waals surface area contributed by atoms with Gasteiger partial charge in [0.15, 0.2) is 0 Å². The van der Waals surface area contributed by atoms with Gasteiger partial charge in [-0.2, -0.15) is 0 Å². The lowest BCUT2D eigenvalue weighted by Crippen LogP contribution is -2.37. The molecule has 0 saturated heterocycles. The molecule has 0 unspecified atom stereocenters. The number of carboxylic acids is 1. The maximum absolute atomic E-state index is 13.9. The molecular formula is C28H23O4P. The summed E-state index contributed by atoms with van der Waals surface area (Å²) in [5.74, 6) is -1.13. The fourth-order valence-corrected chi connectivity index (χ4v) is 8.31. The molecule has 0 aliphatic carbocycles. The Morgan fingerprint density at radius 1 is 0.636 bits per heavy atom. The fraction of sp³-hybridized carbons (Fsp3) is 0.0357. The zero-order chi connectivity index (χ0) is 23.3. The van der Waals surface area contributed by atoms with Crippen LogP contribution in [0.1, 0.15) is 10.4 Å². The molecule has 0 aliphatic rings. The van der Waals surface area contributed by atoms with E-state index in [1.165, 1.54) is 0 Å². The minimum atomic E-state index is -3.02. The maximum Gasteiger partial charge on any atom is 0.340 e. The average molecular weight is 454 g/mol. The second kappa shape index (κ2) is 9.72. The number of Topliss-reactive ketones (excluding diaryl/α,β-unsaturated/α-hetero) is 1. The van der Waals surface area contributed by atoms with Crippen LogP contribution in [0.2, 0.25) is 0 Å². The molecule has 0 saturated carbocycles. The third-order valence-electron chi connectivity index (χ3n) is 5.54. The van der Waals surface area contributed by atoms with Crippen LogP contribution in [0.25, 0.3) is 0 Å². The van der Waals surface area contributed by atoms with Gasteiger partial charge in [-0.05, 0) is 47.1 Å². The number of aliphatic carboxylic acids is 1. The molecule has 0 amide bonds. The molecule has 0 aliphatic heterocycles. The van der Waals surface area contributed by atoms with E-state index in [4.69, 9.17) is 4.74 Å². The Balaban J connectivity index is 2.19. The van der Waals surface area contributed by atoms with Crippen LogP contribution < -0.4 is 20.7 Å². The molecule has 4 nitrogen and oxygen atoms in total. The van der Waals surface area contributed by atoms with Gasteiger partial charge in [-0.15, -0.1) is 0 Å². The molecule has 4 aromatic carbocycles. The zero-order valence-electron chi connectivity index (χ0n) is 18.1. The molecule has 0 fully saturated rings. The quantitative estimate of drug-likeness (QED) is 0.259. The predicted molar refractivity (Wildman–Crippen MR) is 135 cm³/mol. The van der Waals surface area contributed by atoms with Gasteiger partial charge in [-0.25, -0.2) is 4.79 Å². The van der Waals surface area contributed by atoms with Gasteiger partial charge in [-0.3, -0.25) is 4.79 Å². The summed E-state index contributed by atoms with van der Waals surface area (Å²) >= 11 is 0. The van der Waals surface area contributed by atoms with Crippen LogP contribution in [0.3, 0.4) is 0 Å². The van der Waals surface area contributed by atoms with Gasteiger partial charge in [-0.1, -0.05) is 91.0 Å². The van der Waals surface area contributed by atoms with Crippen LogP contribution in [0.4, 0.5) is 0 Å². The number of carbonyl (C=O) groups excluding carboxylic acids is 1. The summed E-state index contributed by atoms with van der Waals surface area (Å²) in [6, 6.07) is 35.0. The Kier molecular flexibility index (Phi) is 6.58. The Hall–Kier alpha value is -3.88. The highest BCUT2D eigenvalue weighted by molar-refractivity contribution is 7.97. The van der Waals surface area contributed by atoms with E-state index in [1.807, 2.05) is 91.0 Å². The van der Waals surface area contributed by atoms with Gasteiger partial charge < -0.3 is 9.84 Å². The van der Waals surface area contributed by atoms with Crippen molar-refractivity contribution in [1.29, 1.82) is 0 Å². The number of benzene rings is 4. The first kappa shape index (κ1) is 22.3. The van der Waals surface area contributed by atoms with Crippen molar-refractivity contribution < 1.29 is 19.4 Å². The first-order valence-electron chi connectivity index (χ1n) is 10.4. The number of carbonyl (C=O) groups is 2. The van der Waals surface area contributed by atoms with Gasteiger partial charge >= 0.3 is 5.97 Å². The topological polar surface area (TPSA) is 63.6 Å². The fourth-order valence-electron chi connectivity index (χ4n) is 4.06. The smallest absolute Gasteiger partial charge is 0.340 e. The molecule has 0 aromatic heterocycles. The average Bonchev–Trinajstić information content (AvgIpc) is 2.88. The molecule has 33 heavy (non-hydrogen) atoms. The van der Waals surface area contributed by atoms with Crippen molar-refractivity contribution in [2.24, 2.45) is 0 Å². The van der Waals surface area contributed by atoms with E-state index < -0.39 is 18.6 Å². The van der Waals surface area contributed by atoms with Crippen LogP contribution in [0.15, 0.2) is 115 Å². The minimum absolute atomic E-state index is 0.128. The summed E-state index contributed by atoms with van der Waals surface area (Å²) in [5.41, 5.74) is 0.306. The Morgan fingerprint density at radius 3 is 1.36 bits per heavy atom. The van der Waals surface area contributed by atoms with E-state index in [0.29, 0.717) is 11.3 Å². The second-order valence-corrected chi connectivity index (χ2v) is 10.7. The van der Waals surface area contributed by atoms with Crippen molar-refractivity contribution in [3.05, 3.63) is 121 Å². The second-order valence-electron chi connectivity index (χ2n) is 7.39. The third-order valence-corrected chi connectivity index (χ3v) is 9.82. The molecule has 0 atom stereocenters. The van der Waals surface area contributed by atoms with Crippen LogP contribution in [-0.2, 0) is 4.79 Å². The normalized spacial score (nSPS) is 10.9. The predicted octanol–water partition coefficient (Wildman–Crippen LogP) is 4.13. The summed E-state index contributed by atoms with van der Waals surface area (Å²) in [7, 11) is 1.54. The number of ketones is 1. The van der Waals surface area contributed by atoms with Crippen molar-refractivity contribution in [2.75, 3.05) is 7.11 Å². The Morgan fingerprint density at radius 2 is 1.03 bits per heavy atom. The molecule has 4 aromatic rings. The maximum atomic E-state index is 13.9. The number of ether oxygens (including phenoxy) is 1. The van der Waals surface area contributed by atoms with Crippen LogP contribution in [-0.4, -0.2) is 29.3 Å². The molecule has 0 spiro atoms. The largest absolute Gasteiger partial charge is 0.497 e. The highest BCUT2D eigenvalue weighted by Gasteiger charge is 2.37. The lowest BCUT2D eigenvalue weighted by Gasteiger charge is -2.31. The molecule has 5 heteroatoms. The molecular weight excluding hydrogens is 431 g/mol. The van der Waals surface area contributed by atoms with Crippen molar-refractivity contribution in [2.45, 2.75) is 0 Å². The summed E-state index contributed by atoms with van der Waals surface area (Å²) in [5, 5.41) is 12.9. The zero-order valence-corrected chi connectivity index (χ0v) is 19.0. The van der Waals surface area contributed by atoms with Gasteiger partial charge in [0.25, 0.3) is 0 Å². The molecule has 0 bridgehead atoms. The van der Waals surface area contributed by atoms with Crippen molar-refractivity contribution in [3.63, 3.8) is 0 Å². The standard InChI is InChI=1S/C28H23O4P/c1-32-22-19-17-21(18-20-22)26(29)27(28(30)31)33(23-11-5-2-6-12-23,24-13-7-3-8-14-24)25-15-9-4-10-16-25/h2-20H,1H3,(H,30,31). The van der Waals surface area contributed by atoms with Crippen molar-refractivity contribution in [1.82, 2.24) is 0 Å². The van der Waals surface area contributed by atoms with Crippen LogP contribution >= 0.6 is 6.89 Å². The van der Waals surface area contributed by atoms with Gasteiger partial charge in [0.1, 0.15) is 11.0 Å². The number of methoxy groups -OCH3 is 1. The number of hydrogen-bond donors (Lipinski definition) is 1. The molecule has 4 rings (SSSR count). The van der Waals surface area contributed by atoms with E-state index in [2.05, 4.69) is 0 Å². The lowest BCUT2D eigenvalue weighted by atomic mass is 10.1. The first-order valence-corrected chi connectivity index (χ1v) is 12.2. The van der Waals surface area contributed by atoms with Crippen LogP contribution in [0, 0.1) is 0 Å². The number of carboxylic acid groups (broad SMARTS) is 1. The van der Waals surface area contributed by atoms with Gasteiger partial charge in [0, 0.05) is 5.56 Å². The van der Waals surface area contributed by atoms with Crippen molar-refractivity contribution >= 4 is 39.8 Å². The highest BCUT2D eigenvalue weighted by Crippen LogP contribution is 2.46. The summed E-state index contributed by atoms with van der Waals surface area (Å²) in [6.45, 7) is -3.02. The van der Waals surface area contributed by atoms with E-state index in [1.54, 1.807) is 31.4 Å². The van der Waals surface area contributed by atoms with Gasteiger partial charge in [0.2, 0.25) is 5.78 Å². The monoisotopic (exact) mass is 454 g/mol. The van der Waals surface area contributed by atoms with Crippen molar-refractivity contribution in [3.8, 4) is 5.75 Å². The highest BCUT2D eigenvalue weighted by atomic mass is 31.2. The van der Waals surface area contributed by atoms with E-state index >= 15 is 0 Å². The number of hydrogen-bond acceptors (Lipinski definition) is 3. The lowest BCUT2D eigenvalue weighted by molar-refractivity contribution is -0.129. The van der Waals surface area contributed by atoms with E-state index in [9.17, 15) is 14.7 Å². The third kappa shape index (κ3) is 4.13. The van der Waals surface area contributed by atoms with E-state index in [-0.39, 0.29) is 5.29 Å². The molecule has 0 heterocycles. The molecule has 1 N–H and O–H groups in total. The first-order chi connectivity index (χ1) is 16.1. The minimum Gasteiger partial charge on any atom is -0.497 e. The van der Waals surface area contributed by atoms with E-state index in [0.717, 1.165) is 15.9 Å².